The maximum Gasteiger partial charge on any atom is 0.251 e. The summed E-state index contributed by atoms with van der Waals surface area (Å²) in [6.45, 7) is 2.35. The Hall–Kier alpha value is -1.59. The van der Waals surface area contributed by atoms with Crippen LogP contribution >= 0.6 is 12.4 Å². The molecule has 1 fully saturated rings. The van der Waals surface area contributed by atoms with Gasteiger partial charge in [-0.1, -0.05) is 18.2 Å². The molecular weight excluding hydrogens is 290 g/mol. The second-order valence-electron chi connectivity index (χ2n) is 4.98. The van der Waals surface area contributed by atoms with Gasteiger partial charge in [0.25, 0.3) is 5.91 Å². The van der Waals surface area contributed by atoms with E-state index in [4.69, 9.17) is 0 Å². The summed E-state index contributed by atoms with van der Waals surface area (Å²) in [6.07, 6.45) is 2.10. The van der Waals surface area contributed by atoms with Crippen LogP contribution in [0.5, 0.6) is 0 Å². The van der Waals surface area contributed by atoms with Crippen molar-refractivity contribution >= 4 is 24.2 Å². The molecule has 0 aliphatic carbocycles. The van der Waals surface area contributed by atoms with Crippen molar-refractivity contribution in [2.45, 2.75) is 25.3 Å². The first-order valence-electron chi connectivity index (χ1n) is 7.09. The Labute approximate surface area is 131 Å². The lowest BCUT2D eigenvalue weighted by Crippen LogP contribution is -2.36. The van der Waals surface area contributed by atoms with E-state index in [9.17, 15) is 9.59 Å². The van der Waals surface area contributed by atoms with E-state index < -0.39 is 0 Å². The third kappa shape index (κ3) is 6.14. The van der Waals surface area contributed by atoms with E-state index in [0.29, 0.717) is 24.9 Å². The maximum atomic E-state index is 11.7. The van der Waals surface area contributed by atoms with Crippen molar-refractivity contribution in [3.05, 3.63) is 35.9 Å². The molecule has 1 heterocycles. The summed E-state index contributed by atoms with van der Waals surface area (Å²) in [5.74, 6) is -0.0290. The zero-order chi connectivity index (χ0) is 14.2. The highest BCUT2D eigenvalue weighted by atomic mass is 35.5. The van der Waals surface area contributed by atoms with Gasteiger partial charge in [0.05, 0.1) is 0 Å². The lowest BCUT2D eigenvalue weighted by atomic mass is 10.2. The Morgan fingerprint density at radius 2 is 2.00 bits per heavy atom. The Morgan fingerprint density at radius 1 is 1.24 bits per heavy atom. The zero-order valence-electron chi connectivity index (χ0n) is 11.9. The number of nitrogens with one attached hydrogen (secondary N) is 3. The van der Waals surface area contributed by atoms with E-state index in [0.717, 1.165) is 19.5 Å². The molecule has 5 nitrogen and oxygen atoms in total. The highest BCUT2D eigenvalue weighted by molar-refractivity contribution is 5.94. The molecule has 0 bridgehead atoms. The van der Waals surface area contributed by atoms with Gasteiger partial charge in [-0.15, -0.1) is 12.4 Å². The average molecular weight is 312 g/mol. The molecule has 0 spiro atoms. The monoisotopic (exact) mass is 311 g/mol. The number of benzene rings is 1. The Morgan fingerprint density at radius 3 is 2.67 bits per heavy atom. The van der Waals surface area contributed by atoms with Crippen molar-refractivity contribution in [1.29, 1.82) is 0 Å². The molecule has 1 aromatic rings. The molecule has 1 saturated heterocycles. The quantitative estimate of drug-likeness (QED) is 0.689. The first-order chi connectivity index (χ1) is 9.75. The fourth-order valence-electron chi connectivity index (χ4n) is 2.22. The van der Waals surface area contributed by atoms with Crippen LogP contribution in [0.4, 0.5) is 0 Å². The van der Waals surface area contributed by atoms with Crippen LogP contribution in [0.2, 0.25) is 0 Å². The van der Waals surface area contributed by atoms with Gasteiger partial charge in [-0.2, -0.15) is 0 Å². The SMILES string of the molecule is Cl.O=C(CCCNC(=O)c1ccccc1)NC1CCNC1. The van der Waals surface area contributed by atoms with Crippen molar-refractivity contribution in [3.8, 4) is 0 Å². The predicted molar refractivity (Wildman–Crippen MR) is 84.7 cm³/mol. The van der Waals surface area contributed by atoms with E-state index in [1.54, 1.807) is 12.1 Å². The summed E-state index contributed by atoms with van der Waals surface area (Å²) >= 11 is 0. The van der Waals surface area contributed by atoms with Crippen LogP contribution in [-0.4, -0.2) is 37.5 Å². The summed E-state index contributed by atoms with van der Waals surface area (Å²) in [6, 6.07) is 9.35. The van der Waals surface area contributed by atoms with Crippen molar-refractivity contribution < 1.29 is 9.59 Å². The molecule has 3 N–H and O–H groups in total. The normalized spacial score (nSPS) is 16.9. The van der Waals surface area contributed by atoms with Gasteiger partial charge in [0.15, 0.2) is 0 Å². The van der Waals surface area contributed by atoms with E-state index in [-0.39, 0.29) is 30.3 Å². The van der Waals surface area contributed by atoms with Crippen LogP contribution in [-0.2, 0) is 4.79 Å². The van der Waals surface area contributed by atoms with Crippen molar-refractivity contribution in [3.63, 3.8) is 0 Å². The Balaban J connectivity index is 0.00000220. The summed E-state index contributed by atoms with van der Waals surface area (Å²) in [7, 11) is 0. The number of halogens is 1. The second-order valence-corrected chi connectivity index (χ2v) is 4.98. The fraction of sp³-hybridized carbons (Fsp3) is 0.467. The molecule has 116 valence electrons. The molecule has 0 saturated carbocycles. The second kappa shape index (κ2) is 9.37. The third-order valence-electron chi connectivity index (χ3n) is 3.33. The van der Waals surface area contributed by atoms with E-state index >= 15 is 0 Å². The predicted octanol–water partition coefficient (Wildman–Crippen LogP) is 1.10. The minimum atomic E-state index is -0.0917. The number of hydrogen-bond acceptors (Lipinski definition) is 3. The number of hydrogen-bond donors (Lipinski definition) is 3. The van der Waals surface area contributed by atoms with Gasteiger partial charge in [-0.05, 0) is 31.5 Å². The van der Waals surface area contributed by atoms with Crippen LogP contribution in [0.3, 0.4) is 0 Å². The van der Waals surface area contributed by atoms with Gasteiger partial charge in [0.2, 0.25) is 5.91 Å². The van der Waals surface area contributed by atoms with E-state index in [1.165, 1.54) is 0 Å². The smallest absolute Gasteiger partial charge is 0.251 e. The molecule has 0 aromatic heterocycles. The summed E-state index contributed by atoms with van der Waals surface area (Å²) in [5, 5.41) is 9.01. The lowest BCUT2D eigenvalue weighted by Gasteiger charge is -2.11. The maximum absolute atomic E-state index is 11.7. The lowest BCUT2D eigenvalue weighted by molar-refractivity contribution is -0.121. The molecule has 21 heavy (non-hydrogen) atoms. The first kappa shape index (κ1) is 17.5. The summed E-state index contributed by atoms with van der Waals surface area (Å²) in [4.78, 5) is 23.4. The van der Waals surface area contributed by atoms with Gasteiger partial charge in [-0.25, -0.2) is 0 Å². The third-order valence-corrected chi connectivity index (χ3v) is 3.33. The molecule has 1 aliphatic rings. The van der Waals surface area contributed by atoms with E-state index in [1.807, 2.05) is 18.2 Å². The topological polar surface area (TPSA) is 70.2 Å². The first-order valence-corrected chi connectivity index (χ1v) is 7.09. The summed E-state index contributed by atoms with van der Waals surface area (Å²) < 4.78 is 0. The standard InChI is InChI=1S/C15H21N3O2.ClH/c19-14(18-13-8-10-16-11-13)7-4-9-17-15(20)12-5-2-1-3-6-12;/h1-3,5-6,13,16H,4,7-11H2,(H,17,20)(H,18,19);1H. The van der Waals surface area contributed by atoms with Gasteiger partial charge < -0.3 is 16.0 Å². The molecule has 1 aliphatic heterocycles. The number of rotatable bonds is 6. The van der Waals surface area contributed by atoms with Crippen molar-refractivity contribution in [2.24, 2.45) is 0 Å². The molecule has 2 amide bonds. The number of carbonyl (C=O) groups excluding carboxylic acids is 2. The van der Waals surface area contributed by atoms with Gasteiger partial charge in [0.1, 0.15) is 0 Å². The van der Waals surface area contributed by atoms with Gasteiger partial charge in [0, 0.05) is 31.1 Å². The minimum absolute atomic E-state index is 0. The molecule has 1 aromatic carbocycles. The summed E-state index contributed by atoms with van der Waals surface area (Å²) in [5.41, 5.74) is 0.647. The highest BCUT2D eigenvalue weighted by Gasteiger charge is 2.16. The fourth-order valence-corrected chi connectivity index (χ4v) is 2.22. The Kier molecular flexibility index (Phi) is 7.79. The van der Waals surface area contributed by atoms with Crippen LogP contribution in [0.25, 0.3) is 0 Å². The minimum Gasteiger partial charge on any atom is -0.352 e. The molecular formula is C15H22ClN3O2. The molecule has 2 rings (SSSR count). The van der Waals surface area contributed by atoms with Crippen molar-refractivity contribution in [2.75, 3.05) is 19.6 Å². The van der Waals surface area contributed by atoms with Crippen LogP contribution in [0, 0.1) is 0 Å². The largest absolute Gasteiger partial charge is 0.352 e. The Bertz CT molecular complexity index is 447. The molecule has 1 atom stereocenters. The van der Waals surface area contributed by atoms with Crippen molar-refractivity contribution in [1.82, 2.24) is 16.0 Å². The van der Waals surface area contributed by atoms with Crippen LogP contribution < -0.4 is 16.0 Å². The van der Waals surface area contributed by atoms with Crippen LogP contribution in [0.1, 0.15) is 29.6 Å². The average Bonchev–Trinajstić information content (AvgIpc) is 2.97. The highest BCUT2D eigenvalue weighted by Crippen LogP contribution is 2.00. The molecule has 0 radical (unpaired) electrons. The number of carbonyl (C=O) groups is 2. The van der Waals surface area contributed by atoms with Crippen LogP contribution in [0.15, 0.2) is 30.3 Å². The van der Waals surface area contributed by atoms with E-state index in [2.05, 4.69) is 16.0 Å². The van der Waals surface area contributed by atoms with Gasteiger partial charge >= 0.3 is 0 Å². The molecule has 1 unspecified atom stereocenters. The molecule has 6 heteroatoms. The van der Waals surface area contributed by atoms with Gasteiger partial charge in [-0.3, -0.25) is 9.59 Å². The zero-order valence-corrected chi connectivity index (χ0v) is 12.7. The number of amides is 2.